The van der Waals surface area contributed by atoms with Crippen LogP contribution in [0.2, 0.25) is 5.02 Å². The number of benzene rings is 1. The lowest BCUT2D eigenvalue weighted by Crippen LogP contribution is -2.46. The molecule has 1 N–H and O–H groups in total. The minimum atomic E-state index is -0.486. The number of carbonyl (C=O) groups is 1. The van der Waals surface area contributed by atoms with Gasteiger partial charge in [0, 0.05) is 24.2 Å². The first-order valence-corrected chi connectivity index (χ1v) is 8.02. The van der Waals surface area contributed by atoms with Crippen LogP contribution in [0.4, 0.5) is 4.39 Å². The van der Waals surface area contributed by atoms with Crippen molar-refractivity contribution in [2.45, 2.75) is 44.2 Å². The first-order valence-electron chi connectivity index (χ1n) is 7.64. The van der Waals surface area contributed by atoms with Gasteiger partial charge in [0.15, 0.2) is 0 Å². The molecule has 3 nitrogen and oxygen atoms in total. The Morgan fingerprint density at radius 2 is 2.14 bits per heavy atom. The van der Waals surface area contributed by atoms with Crippen LogP contribution in [-0.2, 0) is 0 Å². The molecular formula is C16H20ClFN2O. The van der Waals surface area contributed by atoms with Gasteiger partial charge in [-0.15, -0.1) is 0 Å². The van der Waals surface area contributed by atoms with E-state index in [4.69, 9.17) is 11.6 Å². The summed E-state index contributed by atoms with van der Waals surface area (Å²) in [5, 5.41) is 3.49. The van der Waals surface area contributed by atoms with Crippen molar-refractivity contribution in [3.63, 3.8) is 0 Å². The van der Waals surface area contributed by atoms with Crippen molar-refractivity contribution in [1.29, 1.82) is 0 Å². The molecule has 1 aromatic carbocycles. The van der Waals surface area contributed by atoms with Crippen LogP contribution in [0.15, 0.2) is 18.2 Å². The molecule has 5 heteroatoms. The topological polar surface area (TPSA) is 32.3 Å². The molecule has 1 atom stereocenters. The zero-order valence-corrected chi connectivity index (χ0v) is 12.7. The van der Waals surface area contributed by atoms with Crippen molar-refractivity contribution < 1.29 is 9.18 Å². The molecule has 0 spiro atoms. The average Bonchev–Trinajstić information content (AvgIpc) is 3.33. The van der Waals surface area contributed by atoms with Gasteiger partial charge in [-0.05, 0) is 50.4 Å². The van der Waals surface area contributed by atoms with Gasteiger partial charge in [-0.1, -0.05) is 18.0 Å². The summed E-state index contributed by atoms with van der Waals surface area (Å²) in [6.45, 7) is 1.76. The Morgan fingerprint density at radius 1 is 1.33 bits per heavy atom. The Hall–Kier alpha value is -1.13. The Labute approximate surface area is 129 Å². The highest BCUT2D eigenvalue weighted by atomic mass is 35.5. The molecule has 1 heterocycles. The van der Waals surface area contributed by atoms with E-state index in [9.17, 15) is 9.18 Å². The van der Waals surface area contributed by atoms with E-state index in [0.717, 1.165) is 32.4 Å². The normalized spacial score (nSPS) is 22.1. The van der Waals surface area contributed by atoms with Gasteiger partial charge < -0.3 is 10.2 Å². The van der Waals surface area contributed by atoms with E-state index in [2.05, 4.69) is 5.32 Å². The second kappa shape index (κ2) is 6.32. The number of piperidine rings is 1. The zero-order valence-electron chi connectivity index (χ0n) is 11.9. The number of halogens is 2. The summed E-state index contributed by atoms with van der Waals surface area (Å²) in [5.74, 6) is -0.521. The highest BCUT2D eigenvalue weighted by Crippen LogP contribution is 2.29. The highest BCUT2D eigenvalue weighted by Gasteiger charge is 2.34. The van der Waals surface area contributed by atoms with E-state index >= 15 is 0 Å². The van der Waals surface area contributed by atoms with Crippen LogP contribution in [0.3, 0.4) is 0 Å². The fourth-order valence-electron chi connectivity index (χ4n) is 2.90. The van der Waals surface area contributed by atoms with E-state index in [1.807, 2.05) is 4.90 Å². The van der Waals surface area contributed by atoms with Gasteiger partial charge in [0.25, 0.3) is 5.91 Å². The van der Waals surface area contributed by atoms with Gasteiger partial charge in [-0.2, -0.15) is 0 Å². The predicted molar refractivity (Wildman–Crippen MR) is 81.1 cm³/mol. The lowest BCUT2D eigenvalue weighted by atomic mass is 10.0. The second-order valence-corrected chi connectivity index (χ2v) is 6.37. The van der Waals surface area contributed by atoms with Crippen molar-refractivity contribution in [3.8, 4) is 0 Å². The lowest BCUT2D eigenvalue weighted by Gasteiger charge is -2.31. The summed E-state index contributed by atoms with van der Waals surface area (Å²) >= 11 is 5.79. The maximum absolute atomic E-state index is 13.2. The molecule has 114 valence electrons. The van der Waals surface area contributed by atoms with E-state index in [1.54, 1.807) is 0 Å². The third-order valence-electron chi connectivity index (χ3n) is 4.24. The molecular weight excluding hydrogens is 291 g/mol. The van der Waals surface area contributed by atoms with Gasteiger partial charge >= 0.3 is 0 Å². The van der Waals surface area contributed by atoms with Crippen LogP contribution in [0.5, 0.6) is 0 Å². The molecule has 1 amide bonds. The van der Waals surface area contributed by atoms with Crippen LogP contribution >= 0.6 is 11.6 Å². The number of hydrogen-bond donors (Lipinski definition) is 1. The molecule has 1 unspecified atom stereocenters. The summed E-state index contributed by atoms with van der Waals surface area (Å²) in [6.07, 6.45) is 5.66. The molecule has 1 aromatic rings. The molecule has 1 saturated heterocycles. The minimum absolute atomic E-state index is 0.00684. The van der Waals surface area contributed by atoms with Gasteiger partial charge in [0.2, 0.25) is 0 Å². The number of rotatable bonds is 4. The van der Waals surface area contributed by atoms with Gasteiger partial charge in [-0.3, -0.25) is 4.79 Å². The van der Waals surface area contributed by atoms with E-state index < -0.39 is 5.82 Å². The molecule has 0 aromatic heterocycles. The molecule has 1 aliphatic heterocycles. The van der Waals surface area contributed by atoms with E-state index in [0.29, 0.717) is 17.6 Å². The maximum atomic E-state index is 13.2. The van der Waals surface area contributed by atoms with Crippen molar-refractivity contribution in [1.82, 2.24) is 10.2 Å². The Morgan fingerprint density at radius 3 is 2.76 bits per heavy atom. The average molecular weight is 311 g/mol. The monoisotopic (exact) mass is 310 g/mol. The fourth-order valence-corrected chi connectivity index (χ4v) is 3.08. The Kier molecular flexibility index (Phi) is 4.45. The molecule has 0 radical (unpaired) electrons. The lowest BCUT2D eigenvalue weighted by molar-refractivity contribution is 0.0718. The fraction of sp³-hybridized carbons (Fsp3) is 0.562. The van der Waals surface area contributed by atoms with E-state index in [1.165, 1.54) is 31.0 Å². The van der Waals surface area contributed by atoms with Crippen LogP contribution < -0.4 is 5.32 Å². The highest BCUT2D eigenvalue weighted by molar-refractivity contribution is 6.31. The summed E-state index contributed by atoms with van der Waals surface area (Å²) in [4.78, 5) is 14.6. The largest absolute Gasteiger partial charge is 0.334 e. The van der Waals surface area contributed by atoms with Gasteiger partial charge in [0.1, 0.15) is 5.82 Å². The quantitative estimate of drug-likeness (QED) is 0.926. The SMILES string of the molecule is O=C(c1ccc(F)c(Cl)c1)N(CC1CCCCN1)C1CC1. The molecule has 0 bridgehead atoms. The number of nitrogens with zero attached hydrogens (tertiary/aromatic N) is 1. The molecule has 1 saturated carbocycles. The minimum Gasteiger partial charge on any atom is -0.334 e. The van der Waals surface area contributed by atoms with Crippen LogP contribution in [0.1, 0.15) is 42.5 Å². The van der Waals surface area contributed by atoms with E-state index in [-0.39, 0.29) is 10.9 Å². The first-order chi connectivity index (χ1) is 10.1. The standard InChI is InChI=1S/C16H20ClFN2O/c17-14-9-11(4-7-15(14)18)16(21)20(13-5-6-13)10-12-3-1-2-8-19-12/h4,7,9,12-13,19H,1-3,5-6,8,10H2. The molecule has 2 aliphatic rings. The molecule has 3 rings (SSSR count). The molecule has 2 fully saturated rings. The number of carbonyl (C=O) groups excluding carboxylic acids is 1. The smallest absolute Gasteiger partial charge is 0.254 e. The summed E-state index contributed by atoms with van der Waals surface area (Å²) in [5.41, 5.74) is 0.476. The summed E-state index contributed by atoms with van der Waals surface area (Å²) in [7, 11) is 0. The maximum Gasteiger partial charge on any atom is 0.254 e. The van der Waals surface area contributed by atoms with Crippen molar-refractivity contribution >= 4 is 17.5 Å². The van der Waals surface area contributed by atoms with Crippen molar-refractivity contribution in [2.24, 2.45) is 0 Å². The molecule has 1 aliphatic carbocycles. The van der Waals surface area contributed by atoms with Gasteiger partial charge in [-0.25, -0.2) is 4.39 Å². The third kappa shape index (κ3) is 3.55. The Bertz CT molecular complexity index is 527. The van der Waals surface area contributed by atoms with Crippen LogP contribution in [-0.4, -0.2) is 36.0 Å². The number of nitrogens with one attached hydrogen (secondary N) is 1. The third-order valence-corrected chi connectivity index (χ3v) is 4.53. The summed E-state index contributed by atoms with van der Waals surface area (Å²) < 4.78 is 13.2. The number of amides is 1. The van der Waals surface area contributed by atoms with Crippen LogP contribution in [0, 0.1) is 5.82 Å². The van der Waals surface area contributed by atoms with Crippen molar-refractivity contribution in [2.75, 3.05) is 13.1 Å². The van der Waals surface area contributed by atoms with Crippen molar-refractivity contribution in [3.05, 3.63) is 34.6 Å². The van der Waals surface area contributed by atoms with Gasteiger partial charge in [0.05, 0.1) is 5.02 Å². The summed E-state index contributed by atoms with van der Waals surface area (Å²) in [6, 6.07) is 4.93. The van der Waals surface area contributed by atoms with Crippen LogP contribution in [0.25, 0.3) is 0 Å². The Balaban J connectivity index is 1.73. The number of hydrogen-bond acceptors (Lipinski definition) is 2. The second-order valence-electron chi connectivity index (χ2n) is 5.96. The first kappa shape index (κ1) is 14.8. The predicted octanol–water partition coefficient (Wildman–Crippen LogP) is 3.23. The zero-order chi connectivity index (χ0) is 14.8. The molecule has 21 heavy (non-hydrogen) atoms.